The first kappa shape index (κ1) is 36.1. The number of rotatable bonds is 14. The molecule has 1 aromatic heterocycles. The van der Waals surface area contributed by atoms with Gasteiger partial charge in [0.2, 0.25) is 11.9 Å². The van der Waals surface area contributed by atoms with Crippen LogP contribution in [-0.4, -0.2) is 15.0 Å². The van der Waals surface area contributed by atoms with Gasteiger partial charge in [-0.05, 0) is 129 Å². The Kier molecular flexibility index (Phi) is 12.4. The molecule has 6 rings (SSSR count). The molecule has 0 spiro atoms. The molecular weight excluding hydrogens is 675 g/mol. The maximum absolute atomic E-state index is 4.53. The summed E-state index contributed by atoms with van der Waals surface area (Å²) in [5.74, 6) is 1.26. The lowest BCUT2D eigenvalue weighted by Gasteiger charge is -2.09. The molecule has 0 saturated heterocycles. The second kappa shape index (κ2) is 18.5. The second-order valence-electron chi connectivity index (χ2n) is 11.5. The Balaban J connectivity index is 1.02. The third-order valence-electron chi connectivity index (χ3n) is 7.23. The van der Waals surface area contributed by atoms with Crippen LogP contribution >= 0.6 is 0 Å². The molecule has 264 valence electrons. The summed E-state index contributed by atoms with van der Waals surface area (Å²) in [6, 6.07) is 41.3. The third kappa shape index (κ3) is 11.4. The molecule has 5 aromatic carbocycles. The van der Waals surface area contributed by atoms with Gasteiger partial charge in [0.15, 0.2) is 0 Å². The summed E-state index contributed by atoms with van der Waals surface area (Å²) in [6.07, 6.45) is 5.30. The number of hydrogen-bond acceptors (Lipinski definition) is 13. The van der Waals surface area contributed by atoms with Crippen LogP contribution in [0.15, 0.2) is 211 Å². The van der Waals surface area contributed by atoms with E-state index in [1.807, 2.05) is 153 Å². The molecule has 0 radical (unpaired) electrons. The van der Waals surface area contributed by atoms with Crippen LogP contribution in [0.25, 0.3) is 0 Å². The molecule has 13 heteroatoms. The Bertz CT molecular complexity index is 2330. The van der Waals surface area contributed by atoms with Crippen LogP contribution in [0.4, 0.5) is 57.4 Å². The molecule has 0 amide bonds. The summed E-state index contributed by atoms with van der Waals surface area (Å²) in [7, 11) is 0. The number of nitrogens with one attached hydrogen (secondary N) is 2. The van der Waals surface area contributed by atoms with Gasteiger partial charge in [-0.25, -0.2) is 0 Å². The number of benzene rings is 5. The van der Waals surface area contributed by atoms with Gasteiger partial charge in [0, 0.05) is 11.4 Å². The number of hydrogen-bond donors (Lipinski definition) is 2. The molecule has 0 aliphatic heterocycles. The van der Waals surface area contributed by atoms with Gasteiger partial charge in [0.05, 0.1) is 45.5 Å². The number of nitrogens with zero attached hydrogens (tertiary/aromatic N) is 11. The highest BCUT2D eigenvalue weighted by Gasteiger charge is 2.06. The quantitative estimate of drug-likeness (QED) is 0.0848. The van der Waals surface area contributed by atoms with E-state index >= 15 is 0 Å². The maximum atomic E-state index is 4.53. The summed E-state index contributed by atoms with van der Waals surface area (Å²) in [5.41, 5.74) is 7.22. The van der Waals surface area contributed by atoms with E-state index in [4.69, 9.17) is 0 Å². The van der Waals surface area contributed by atoms with Crippen LogP contribution in [0.2, 0.25) is 0 Å². The average molecular weight is 710 g/mol. The third-order valence-corrected chi connectivity index (χ3v) is 7.23. The molecule has 6 aromatic rings. The van der Waals surface area contributed by atoms with Gasteiger partial charge in [0.25, 0.3) is 0 Å². The average Bonchev–Trinajstić information content (AvgIpc) is 3.21. The van der Waals surface area contributed by atoms with Gasteiger partial charge >= 0.3 is 0 Å². The van der Waals surface area contributed by atoms with Gasteiger partial charge in [0.1, 0.15) is 5.82 Å². The molecule has 0 unspecified atom stereocenters. The van der Waals surface area contributed by atoms with E-state index < -0.39 is 0 Å². The fourth-order valence-corrected chi connectivity index (χ4v) is 4.51. The normalized spacial score (nSPS) is 12.3. The fourth-order valence-electron chi connectivity index (χ4n) is 4.51. The zero-order chi connectivity index (χ0) is 37.4. The van der Waals surface area contributed by atoms with Gasteiger partial charge in [-0.1, -0.05) is 43.0 Å². The molecule has 0 fully saturated rings. The Hall–Kier alpha value is -7.67. The number of aryl methyl sites for hydroxylation is 1. The minimum Gasteiger partial charge on any atom is -0.324 e. The number of allylic oxidation sites excluding steroid dienone is 4. The van der Waals surface area contributed by atoms with Crippen molar-refractivity contribution in [3.05, 3.63) is 175 Å². The van der Waals surface area contributed by atoms with Crippen molar-refractivity contribution in [3.8, 4) is 0 Å². The Morgan fingerprint density at radius 3 is 1.37 bits per heavy atom. The molecule has 0 aliphatic rings. The van der Waals surface area contributed by atoms with Crippen LogP contribution in [0.5, 0.6) is 0 Å². The molecular formula is C41H35N13. The molecule has 13 nitrogen and oxygen atoms in total. The van der Waals surface area contributed by atoms with E-state index in [1.54, 1.807) is 13.0 Å². The highest BCUT2D eigenvalue weighted by molar-refractivity contribution is 5.58. The standard InChI is InChI=1S/C41H35N13/c1-4-31(16-15-29(2)47-48-35-21-23-37(24-22-35)51-49-33-11-7-5-8-12-33)44-40-42-30(3)43-41(46-40)45-32-17-19-36(20-18-32)53-54-39-27-25-38(26-28-39)52-50-34-13-9-6-10-14-34/h4-28H,1H2,2-3H3,(H2,42,43,44,45,46)/b29-15+,31-16+,48-47?,51-49?,52-50?,54-53?. The molecule has 1 heterocycles. The first-order valence-corrected chi connectivity index (χ1v) is 16.8. The minimum absolute atomic E-state index is 0.353. The predicted octanol–water partition coefficient (Wildman–Crippen LogP) is 13.3. The van der Waals surface area contributed by atoms with E-state index in [9.17, 15) is 0 Å². The lowest BCUT2D eigenvalue weighted by Crippen LogP contribution is -2.07. The van der Waals surface area contributed by atoms with Crippen molar-refractivity contribution in [2.24, 2.45) is 40.9 Å². The maximum Gasteiger partial charge on any atom is 0.232 e. The Labute approximate surface area is 312 Å². The SMILES string of the molecule is C=C/C(=C\C=C(/C)N=Nc1ccc(N=Nc2ccccc2)cc1)Nc1nc(C)nc(Nc2ccc(N=Nc3ccc(N=Nc4ccccc4)cc3)cc2)n1. The number of aromatic nitrogens is 3. The van der Waals surface area contributed by atoms with Crippen molar-refractivity contribution in [2.75, 3.05) is 10.6 Å². The lowest BCUT2D eigenvalue weighted by atomic mass is 10.3. The predicted molar refractivity (Wildman–Crippen MR) is 213 cm³/mol. The van der Waals surface area contributed by atoms with E-state index in [2.05, 4.69) is 73.1 Å². The van der Waals surface area contributed by atoms with Crippen molar-refractivity contribution in [1.82, 2.24) is 15.0 Å². The summed E-state index contributed by atoms with van der Waals surface area (Å²) in [4.78, 5) is 13.4. The molecule has 0 aliphatic carbocycles. The molecule has 54 heavy (non-hydrogen) atoms. The van der Waals surface area contributed by atoms with Crippen molar-refractivity contribution in [1.29, 1.82) is 0 Å². The molecule has 2 N–H and O–H groups in total. The van der Waals surface area contributed by atoms with E-state index in [0.29, 0.717) is 46.2 Å². The highest BCUT2D eigenvalue weighted by atomic mass is 15.2. The molecule has 0 bridgehead atoms. The van der Waals surface area contributed by atoms with Gasteiger partial charge in [-0.3, -0.25) is 0 Å². The monoisotopic (exact) mass is 709 g/mol. The van der Waals surface area contributed by atoms with Crippen LogP contribution in [0.1, 0.15) is 12.7 Å². The zero-order valence-electron chi connectivity index (χ0n) is 29.6. The van der Waals surface area contributed by atoms with E-state index in [-0.39, 0.29) is 0 Å². The van der Waals surface area contributed by atoms with Crippen LogP contribution in [-0.2, 0) is 0 Å². The number of anilines is 3. The first-order chi connectivity index (χ1) is 26.5. The summed E-state index contributed by atoms with van der Waals surface area (Å²) < 4.78 is 0. The molecule has 0 saturated carbocycles. The number of azo groups is 4. The van der Waals surface area contributed by atoms with Crippen molar-refractivity contribution < 1.29 is 0 Å². The topological polar surface area (TPSA) is 162 Å². The Morgan fingerprint density at radius 1 is 0.500 bits per heavy atom. The lowest BCUT2D eigenvalue weighted by molar-refractivity contribution is 0.985. The highest BCUT2D eigenvalue weighted by Crippen LogP contribution is 2.26. The van der Waals surface area contributed by atoms with Gasteiger partial charge < -0.3 is 10.6 Å². The smallest absolute Gasteiger partial charge is 0.232 e. The van der Waals surface area contributed by atoms with Crippen LogP contribution in [0, 0.1) is 6.92 Å². The molecule has 0 atom stereocenters. The largest absolute Gasteiger partial charge is 0.324 e. The van der Waals surface area contributed by atoms with E-state index in [0.717, 1.165) is 28.4 Å². The first-order valence-electron chi connectivity index (χ1n) is 16.8. The fraction of sp³-hybridized carbons (Fsp3) is 0.0488. The zero-order valence-corrected chi connectivity index (χ0v) is 29.6. The Morgan fingerprint density at radius 2 is 0.907 bits per heavy atom. The van der Waals surface area contributed by atoms with Gasteiger partial charge in [-0.2, -0.15) is 55.9 Å². The van der Waals surface area contributed by atoms with Gasteiger partial charge in [-0.15, -0.1) is 0 Å². The van der Waals surface area contributed by atoms with Crippen molar-refractivity contribution in [3.63, 3.8) is 0 Å². The van der Waals surface area contributed by atoms with E-state index in [1.165, 1.54) is 0 Å². The van der Waals surface area contributed by atoms with Crippen molar-refractivity contribution >= 4 is 57.4 Å². The summed E-state index contributed by atoms with van der Waals surface area (Å²) in [5, 5.41) is 40.7. The summed E-state index contributed by atoms with van der Waals surface area (Å²) >= 11 is 0. The second-order valence-corrected chi connectivity index (χ2v) is 11.5. The van der Waals surface area contributed by atoms with Crippen molar-refractivity contribution in [2.45, 2.75) is 13.8 Å². The van der Waals surface area contributed by atoms with Crippen LogP contribution in [0.3, 0.4) is 0 Å². The minimum atomic E-state index is 0.353. The van der Waals surface area contributed by atoms with Crippen LogP contribution < -0.4 is 10.6 Å². The summed E-state index contributed by atoms with van der Waals surface area (Å²) in [6.45, 7) is 7.55.